The Balaban J connectivity index is 1.80. The first-order valence-corrected chi connectivity index (χ1v) is 12.4. The fourth-order valence-corrected chi connectivity index (χ4v) is 4.77. The number of fused-ring (bicyclic) bond motifs is 1. The molecule has 4 rings (SSSR count). The molecule has 1 N–H and O–H groups in total. The second-order valence-corrected chi connectivity index (χ2v) is 10.5. The van der Waals surface area contributed by atoms with E-state index >= 15 is 0 Å². The van der Waals surface area contributed by atoms with Gasteiger partial charge in [0.05, 0.1) is 11.6 Å². The fraction of sp³-hybridized carbons (Fsp3) is 0.429. The molecule has 0 bridgehead atoms. The molecule has 0 aliphatic rings. The van der Waals surface area contributed by atoms with Gasteiger partial charge in [0.15, 0.2) is 5.82 Å². The van der Waals surface area contributed by atoms with Crippen molar-refractivity contribution in [3.05, 3.63) is 87.0 Å². The molecule has 0 saturated heterocycles. The van der Waals surface area contributed by atoms with Crippen molar-refractivity contribution >= 4 is 10.9 Å². The zero-order chi connectivity index (χ0) is 25.2. The maximum absolute atomic E-state index is 13.2. The molecule has 2 heterocycles. The Labute approximate surface area is 207 Å². The van der Waals surface area contributed by atoms with Gasteiger partial charge in [-0.2, -0.15) is 0 Å². The number of nitrogens with zero attached hydrogens (tertiary/aromatic N) is 5. The summed E-state index contributed by atoms with van der Waals surface area (Å²) in [5.41, 5.74) is 4.82. The van der Waals surface area contributed by atoms with Crippen molar-refractivity contribution in [1.29, 1.82) is 0 Å². The molecule has 184 valence electrons. The van der Waals surface area contributed by atoms with Crippen molar-refractivity contribution in [1.82, 2.24) is 30.1 Å². The van der Waals surface area contributed by atoms with Crippen molar-refractivity contribution in [2.45, 2.75) is 79.1 Å². The Hall–Kier alpha value is -3.32. The van der Waals surface area contributed by atoms with Gasteiger partial charge in [-0.25, -0.2) is 4.68 Å². The van der Waals surface area contributed by atoms with Crippen LogP contribution in [-0.2, 0) is 18.6 Å². The van der Waals surface area contributed by atoms with Crippen LogP contribution in [0.3, 0.4) is 0 Å². The minimum absolute atomic E-state index is 0.0383. The molecule has 0 amide bonds. The highest BCUT2D eigenvalue weighted by Gasteiger charge is 2.30. The predicted molar refractivity (Wildman–Crippen MR) is 140 cm³/mol. The Bertz CT molecular complexity index is 1350. The van der Waals surface area contributed by atoms with Crippen LogP contribution in [0.25, 0.3) is 10.9 Å². The average molecular weight is 473 g/mol. The first kappa shape index (κ1) is 24.8. The van der Waals surface area contributed by atoms with Crippen molar-refractivity contribution in [2.75, 3.05) is 0 Å². The van der Waals surface area contributed by atoms with Gasteiger partial charge in [-0.15, -0.1) is 5.10 Å². The summed E-state index contributed by atoms with van der Waals surface area (Å²) < 4.78 is 1.92. The van der Waals surface area contributed by atoms with Crippen molar-refractivity contribution in [2.24, 2.45) is 0 Å². The number of nitrogens with one attached hydrogen (secondary N) is 1. The van der Waals surface area contributed by atoms with Gasteiger partial charge >= 0.3 is 0 Å². The molecule has 2 aromatic heterocycles. The van der Waals surface area contributed by atoms with Crippen LogP contribution in [0.2, 0.25) is 0 Å². The highest BCUT2D eigenvalue weighted by molar-refractivity contribution is 5.83. The topological polar surface area (TPSA) is 79.7 Å². The zero-order valence-corrected chi connectivity index (χ0v) is 21.7. The summed E-state index contributed by atoms with van der Waals surface area (Å²) in [6.07, 6.45) is 1.85. The molecule has 35 heavy (non-hydrogen) atoms. The van der Waals surface area contributed by atoms with Crippen molar-refractivity contribution in [3.63, 3.8) is 0 Å². The average Bonchev–Trinajstić information content (AvgIpc) is 3.29. The Morgan fingerprint density at radius 1 is 1.06 bits per heavy atom. The van der Waals surface area contributed by atoms with Gasteiger partial charge < -0.3 is 4.98 Å². The minimum atomic E-state index is -0.251. The number of tetrazole rings is 1. The van der Waals surface area contributed by atoms with Crippen molar-refractivity contribution in [3.8, 4) is 0 Å². The summed E-state index contributed by atoms with van der Waals surface area (Å²) in [7, 11) is 0. The van der Waals surface area contributed by atoms with Gasteiger partial charge in [-0.1, -0.05) is 49.7 Å². The Kier molecular flexibility index (Phi) is 7.17. The summed E-state index contributed by atoms with van der Waals surface area (Å²) in [5.74, 6) is 0.833. The maximum atomic E-state index is 13.2. The third-order valence-electron chi connectivity index (χ3n) is 6.42. The van der Waals surface area contributed by atoms with Crippen LogP contribution in [0, 0.1) is 13.8 Å². The van der Waals surface area contributed by atoms with Crippen molar-refractivity contribution < 1.29 is 0 Å². The van der Waals surface area contributed by atoms with E-state index in [0.717, 1.165) is 46.3 Å². The molecule has 2 aromatic carbocycles. The zero-order valence-electron chi connectivity index (χ0n) is 21.7. The van der Waals surface area contributed by atoms with Crippen LogP contribution < -0.4 is 5.56 Å². The van der Waals surface area contributed by atoms with E-state index in [4.69, 9.17) is 0 Å². The van der Waals surface area contributed by atoms with E-state index in [-0.39, 0.29) is 17.1 Å². The minimum Gasteiger partial charge on any atom is -0.322 e. The number of aryl methyl sites for hydroxylation is 2. The SMILES string of the molecule is CCC[C@H](c1nnnn1C(C)(C)C)N(Cc1ccccc1)Cc1cc2c(C)cc(C)cc2[nH]c1=O. The molecular formula is C28H36N6O. The van der Waals surface area contributed by atoms with Crippen LogP contribution in [0.4, 0.5) is 0 Å². The highest BCUT2D eigenvalue weighted by Crippen LogP contribution is 2.30. The van der Waals surface area contributed by atoms with Crippen LogP contribution >= 0.6 is 0 Å². The molecule has 0 radical (unpaired) electrons. The number of aromatic nitrogens is 5. The number of pyridine rings is 1. The smallest absolute Gasteiger partial charge is 0.252 e. The third kappa shape index (κ3) is 5.51. The number of aromatic amines is 1. The van der Waals surface area contributed by atoms with Gasteiger partial charge in [-0.05, 0) is 80.3 Å². The van der Waals surface area contributed by atoms with E-state index in [9.17, 15) is 4.79 Å². The molecule has 0 aliphatic carbocycles. The van der Waals surface area contributed by atoms with E-state index in [1.165, 1.54) is 5.56 Å². The van der Waals surface area contributed by atoms with Crippen LogP contribution in [0.1, 0.15) is 74.7 Å². The molecule has 4 aromatic rings. The van der Waals surface area contributed by atoms with Gasteiger partial charge in [0.25, 0.3) is 5.56 Å². The number of H-pyrrole nitrogens is 1. The quantitative estimate of drug-likeness (QED) is 0.370. The molecule has 7 nitrogen and oxygen atoms in total. The van der Waals surface area contributed by atoms with E-state index in [0.29, 0.717) is 13.1 Å². The van der Waals surface area contributed by atoms with Crippen LogP contribution in [0.15, 0.2) is 53.3 Å². The third-order valence-corrected chi connectivity index (χ3v) is 6.42. The predicted octanol–water partition coefficient (Wildman–Crippen LogP) is 5.43. The lowest BCUT2D eigenvalue weighted by Crippen LogP contribution is -2.35. The van der Waals surface area contributed by atoms with E-state index in [1.807, 2.05) is 16.8 Å². The summed E-state index contributed by atoms with van der Waals surface area (Å²) in [5, 5.41) is 13.9. The summed E-state index contributed by atoms with van der Waals surface area (Å²) >= 11 is 0. The number of hydrogen-bond donors (Lipinski definition) is 1. The molecule has 7 heteroatoms. The second kappa shape index (κ2) is 10.1. The largest absolute Gasteiger partial charge is 0.322 e. The van der Waals surface area contributed by atoms with Gasteiger partial charge in [-0.3, -0.25) is 9.69 Å². The van der Waals surface area contributed by atoms with Gasteiger partial charge in [0.2, 0.25) is 0 Å². The molecule has 0 aliphatic heterocycles. The monoisotopic (exact) mass is 472 g/mol. The summed E-state index contributed by atoms with van der Waals surface area (Å²) in [6.45, 7) is 13.8. The molecular weight excluding hydrogens is 436 g/mol. The van der Waals surface area contributed by atoms with E-state index in [2.05, 4.69) is 103 Å². The molecule has 0 unspecified atom stereocenters. The first-order valence-electron chi connectivity index (χ1n) is 12.4. The first-order chi connectivity index (χ1) is 16.7. The standard InChI is InChI=1S/C28H36N6O/c1-7-11-25(26-30-31-32-34(26)28(4,5)6)33(17-21-12-9-8-10-13-21)18-22-16-23-20(3)14-19(2)15-24(23)29-27(22)35/h8-10,12-16,25H,7,11,17-18H2,1-6H3,(H,29,35)/t25-/m1/s1. The fourth-order valence-electron chi connectivity index (χ4n) is 4.77. The Morgan fingerprint density at radius 3 is 2.49 bits per heavy atom. The molecule has 0 spiro atoms. The molecule has 0 saturated carbocycles. The summed E-state index contributed by atoms with van der Waals surface area (Å²) in [6, 6.07) is 16.6. The maximum Gasteiger partial charge on any atom is 0.252 e. The molecule has 0 fully saturated rings. The molecule has 1 atom stereocenters. The second-order valence-electron chi connectivity index (χ2n) is 10.5. The van der Waals surface area contributed by atoms with Gasteiger partial charge in [0.1, 0.15) is 0 Å². The van der Waals surface area contributed by atoms with Crippen LogP contribution in [-0.4, -0.2) is 30.1 Å². The lowest BCUT2D eigenvalue weighted by molar-refractivity contribution is 0.148. The normalized spacial score (nSPS) is 13.0. The lowest BCUT2D eigenvalue weighted by atomic mass is 10.0. The summed E-state index contributed by atoms with van der Waals surface area (Å²) in [4.78, 5) is 18.7. The highest BCUT2D eigenvalue weighted by atomic mass is 16.1. The number of hydrogen-bond acceptors (Lipinski definition) is 5. The number of rotatable bonds is 8. The van der Waals surface area contributed by atoms with Gasteiger partial charge in [0, 0.05) is 29.6 Å². The van der Waals surface area contributed by atoms with E-state index < -0.39 is 0 Å². The Morgan fingerprint density at radius 2 is 1.80 bits per heavy atom. The number of benzene rings is 2. The van der Waals surface area contributed by atoms with Crippen LogP contribution in [0.5, 0.6) is 0 Å². The van der Waals surface area contributed by atoms with E-state index in [1.54, 1.807) is 0 Å². The lowest BCUT2D eigenvalue weighted by Gasteiger charge is -2.33.